The third kappa shape index (κ3) is 89.0. The molecule has 1 atom stereocenters. The number of rotatable bonds is 4. The number of ether oxygens (including phenoxy) is 1. The first-order valence-corrected chi connectivity index (χ1v) is 6.47. The second-order valence-electron chi connectivity index (χ2n) is 3.36. The van der Waals surface area contributed by atoms with E-state index in [1.807, 2.05) is 27.9 Å². The van der Waals surface area contributed by atoms with Gasteiger partial charge < -0.3 is 20.5 Å². The van der Waals surface area contributed by atoms with Gasteiger partial charge in [-0.2, -0.15) is 0 Å². The number of hydrogen-bond acceptors (Lipinski definition) is 4. The lowest BCUT2D eigenvalue weighted by Crippen LogP contribution is -2.24. The van der Waals surface area contributed by atoms with E-state index in [0.29, 0.717) is 0 Å². The van der Waals surface area contributed by atoms with Crippen LogP contribution in [0.5, 0.6) is 0 Å². The molecule has 0 amide bonds. The van der Waals surface area contributed by atoms with Crippen LogP contribution in [0.4, 0.5) is 0 Å². The Bertz CT molecular complexity index is 71.8. The molecule has 110 valence electrons. The van der Waals surface area contributed by atoms with E-state index in [1.54, 1.807) is 7.11 Å². The molecule has 0 aliphatic rings. The first-order chi connectivity index (χ1) is 8.05. The van der Waals surface area contributed by atoms with Gasteiger partial charge in [-0.15, -0.1) is 0 Å². The van der Waals surface area contributed by atoms with Crippen molar-refractivity contribution >= 4 is 0 Å². The van der Waals surface area contributed by atoms with Crippen LogP contribution in [0.15, 0.2) is 0 Å². The van der Waals surface area contributed by atoms with Crippen LogP contribution in [-0.4, -0.2) is 52.1 Å². The van der Waals surface area contributed by atoms with Gasteiger partial charge in [0.2, 0.25) is 0 Å². The molecule has 0 aliphatic heterocycles. The van der Waals surface area contributed by atoms with E-state index in [1.165, 1.54) is 6.42 Å². The van der Waals surface area contributed by atoms with Crippen LogP contribution in [0.3, 0.4) is 0 Å². The quantitative estimate of drug-likeness (QED) is 0.715. The lowest BCUT2D eigenvalue weighted by Gasteiger charge is -2.01. The van der Waals surface area contributed by atoms with Crippen molar-refractivity contribution < 1.29 is 9.84 Å². The summed E-state index contributed by atoms with van der Waals surface area (Å²) in [6, 6.07) is 0.241. The summed E-state index contributed by atoms with van der Waals surface area (Å²) in [5, 5.41) is 14.1. The second-order valence-corrected chi connectivity index (χ2v) is 3.36. The number of likely N-dealkylation sites (N-methyl/N-ethyl adjacent to an activating group) is 1. The fourth-order valence-electron chi connectivity index (χ4n) is 0.0913. The summed E-state index contributed by atoms with van der Waals surface area (Å²) in [6.07, 6.45) is 1.25. The number of hydrogen-bond donors (Lipinski definition) is 3. The molecule has 0 rings (SSSR count). The average molecular weight is 252 g/mol. The average Bonchev–Trinajstić information content (AvgIpc) is 2.39. The van der Waals surface area contributed by atoms with Crippen LogP contribution in [0.1, 0.15) is 41.0 Å². The Morgan fingerprint density at radius 1 is 1.12 bits per heavy atom. The molecule has 17 heavy (non-hydrogen) atoms. The van der Waals surface area contributed by atoms with E-state index in [0.717, 1.165) is 13.2 Å². The smallest absolute Gasteiger partial charge is 0.0581 e. The molecule has 4 nitrogen and oxygen atoms in total. The van der Waals surface area contributed by atoms with Crippen LogP contribution in [0.2, 0.25) is 0 Å². The summed E-state index contributed by atoms with van der Waals surface area (Å²) in [6.45, 7) is 12.3. The molecule has 4 heteroatoms. The van der Waals surface area contributed by atoms with E-state index < -0.39 is 0 Å². The molecule has 0 spiro atoms. The Balaban J connectivity index is -0.0000000688. The predicted octanol–water partition coefficient (Wildman–Crippen LogP) is 1.88. The minimum absolute atomic E-state index is 0.219. The van der Waals surface area contributed by atoms with E-state index in [-0.39, 0.29) is 12.6 Å². The molecule has 0 heterocycles. The summed E-state index contributed by atoms with van der Waals surface area (Å²) >= 11 is 0. The molecule has 0 fully saturated rings. The van der Waals surface area contributed by atoms with Crippen molar-refractivity contribution in [2.75, 3.05) is 41.0 Å². The third-order valence-electron chi connectivity index (χ3n) is 1.41. The fourth-order valence-corrected chi connectivity index (χ4v) is 0.0913. The maximum Gasteiger partial charge on any atom is 0.0581 e. The van der Waals surface area contributed by atoms with Crippen LogP contribution < -0.4 is 10.6 Å². The van der Waals surface area contributed by atoms with Crippen molar-refractivity contribution in [3.8, 4) is 0 Å². The fraction of sp³-hybridized carbons (Fsp3) is 1.00. The normalized spacial score (nSPS) is 9.71. The Hall–Kier alpha value is -0.160. The molecule has 0 saturated heterocycles. The third-order valence-corrected chi connectivity index (χ3v) is 1.41. The Morgan fingerprint density at radius 3 is 1.41 bits per heavy atom. The minimum Gasteiger partial charge on any atom is -0.395 e. The Labute approximate surface area is 109 Å². The highest BCUT2D eigenvalue weighted by molar-refractivity contribution is 4.49. The Kier molecular flexibility index (Phi) is 54.3. The van der Waals surface area contributed by atoms with Gasteiger partial charge in [0.05, 0.1) is 6.61 Å². The highest BCUT2D eigenvalue weighted by Crippen LogP contribution is 1.70. The van der Waals surface area contributed by atoms with Gasteiger partial charge in [-0.05, 0) is 34.5 Å². The number of aliphatic hydroxyl groups is 1. The van der Waals surface area contributed by atoms with Crippen molar-refractivity contribution in [3.63, 3.8) is 0 Å². The molecule has 3 N–H and O–H groups in total. The van der Waals surface area contributed by atoms with Crippen molar-refractivity contribution in [3.05, 3.63) is 0 Å². The zero-order valence-corrected chi connectivity index (χ0v) is 13.3. The summed E-state index contributed by atoms with van der Waals surface area (Å²) in [5.74, 6) is 0. The van der Waals surface area contributed by atoms with Gasteiger partial charge >= 0.3 is 0 Å². The lowest BCUT2D eigenvalue weighted by atomic mass is 10.4. The van der Waals surface area contributed by atoms with Gasteiger partial charge in [0.15, 0.2) is 0 Å². The van der Waals surface area contributed by atoms with Gasteiger partial charge in [0.1, 0.15) is 0 Å². The monoisotopic (exact) mass is 252 g/mol. The highest BCUT2D eigenvalue weighted by Gasteiger charge is 1.88. The predicted molar refractivity (Wildman–Crippen MR) is 78.7 cm³/mol. The van der Waals surface area contributed by atoms with Gasteiger partial charge in [-0.1, -0.05) is 27.2 Å². The van der Waals surface area contributed by atoms with Crippen LogP contribution in [0.25, 0.3) is 0 Å². The summed E-state index contributed by atoms with van der Waals surface area (Å²) in [4.78, 5) is 0. The molecule has 0 saturated carbocycles. The molecule has 0 radical (unpaired) electrons. The Morgan fingerprint density at radius 2 is 1.41 bits per heavy atom. The lowest BCUT2D eigenvalue weighted by molar-refractivity contribution is 0.215. The second kappa shape index (κ2) is 36.0. The number of nitrogens with one attached hydrogen (secondary N) is 2. The molecule has 0 aromatic heterocycles. The largest absolute Gasteiger partial charge is 0.395 e. The topological polar surface area (TPSA) is 53.5 Å². The highest BCUT2D eigenvalue weighted by atomic mass is 16.5. The molecular weight excluding hydrogens is 216 g/mol. The molecule has 0 aliphatic carbocycles. The molecule has 1 unspecified atom stereocenters. The maximum atomic E-state index is 8.27. The molecule has 0 bridgehead atoms. The van der Waals surface area contributed by atoms with E-state index in [9.17, 15) is 0 Å². The van der Waals surface area contributed by atoms with E-state index in [2.05, 4.69) is 36.1 Å². The first-order valence-electron chi connectivity index (χ1n) is 6.47. The molecule has 0 aromatic carbocycles. The molecule has 0 aromatic rings. The molecular formula is C13H36N2O2. The van der Waals surface area contributed by atoms with Crippen molar-refractivity contribution in [2.24, 2.45) is 0 Å². The van der Waals surface area contributed by atoms with Gasteiger partial charge in [-0.25, -0.2) is 0 Å². The van der Waals surface area contributed by atoms with Crippen molar-refractivity contribution in [1.82, 2.24) is 10.6 Å². The summed E-state index contributed by atoms with van der Waals surface area (Å²) in [5.41, 5.74) is 0. The standard InChI is InChI=1S/C4H11NO.C3H9N.C3H8O.C3H8/c1-4(3-6)5-2;2*1-3-4-2;1-3-2/h4-6H,3H2,1-2H3;4H,3H2,1-2H3;3H2,1-2H3;3H2,1-2H3. The zero-order chi connectivity index (χ0) is 14.5. The van der Waals surface area contributed by atoms with Gasteiger partial charge in [0, 0.05) is 19.8 Å². The van der Waals surface area contributed by atoms with Gasteiger partial charge in [0.25, 0.3) is 0 Å². The zero-order valence-electron chi connectivity index (χ0n) is 13.3. The van der Waals surface area contributed by atoms with Crippen LogP contribution in [0, 0.1) is 0 Å². The first kappa shape index (κ1) is 25.6. The van der Waals surface area contributed by atoms with E-state index in [4.69, 9.17) is 5.11 Å². The van der Waals surface area contributed by atoms with E-state index >= 15 is 0 Å². The summed E-state index contributed by atoms with van der Waals surface area (Å²) in [7, 11) is 5.43. The SMILES string of the molecule is CCC.CCNC.CCOC.CNC(C)CO. The van der Waals surface area contributed by atoms with Crippen molar-refractivity contribution in [1.29, 1.82) is 0 Å². The van der Waals surface area contributed by atoms with Gasteiger partial charge in [-0.3, -0.25) is 0 Å². The van der Waals surface area contributed by atoms with Crippen LogP contribution >= 0.6 is 0 Å². The number of aliphatic hydroxyl groups excluding tert-OH is 1. The van der Waals surface area contributed by atoms with Crippen molar-refractivity contribution in [2.45, 2.75) is 47.1 Å². The summed E-state index contributed by atoms with van der Waals surface area (Å²) < 4.78 is 4.54. The number of methoxy groups -OCH3 is 1. The van der Waals surface area contributed by atoms with Crippen LogP contribution in [-0.2, 0) is 4.74 Å². The minimum atomic E-state index is 0.219. The maximum absolute atomic E-state index is 8.27.